The number of likely N-dealkylation sites (N-methyl/N-ethyl adjacent to an activating group) is 1. The molecular weight excluding hydrogens is 352 g/mol. The third kappa shape index (κ3) is 3.99. The summed E-state index contributed by atoms with van der Waals surface area (Å²) in [6.45, 7) is 5.44. The first-order chi connectivity index (χ1) is 13.5. The molecule has 1 N–H and O–H groups in total. The predicted octanol–water partition coefficient (Wildman–Crippen LogP) is 2.12. The van der Waals surface area contributed by atoms with Crippen LogP contribution < -0.4 is 10.2 Å². The molecular formula is C21H30N6O. The van der Waals surface area contributed by atoms with E-state index in [-0.39, 0.29) is 17.9 Å². The normalized spacial score (nSPS) is 15.7. The van der Waals surface area contributed by atoms with Crippen LogP contribution in [0, 0.1) is 5.92 Å². The molecule has 0 fully saturated rings. The highest BCUT2D eigenvalue weighted by Crippen LogP contribution is 2.29. The van der Waals surface area contributed by atoms with Gasteiger partial charge in [0.25, 0.3) is 0 Å². The molecule has 28 heavy (non-hydrogen) atoms. The Balaban J connectivity index is 1.95. The van der Waals surface area contributed by atoms with Gasteiger partial charge in [0, 0.05) is 44.2 Å². The molecule has 0 aliphatic carbocycles. The van der Waals surface area contributed by atoms with Crippen LogP contribution in [0.5, 0.6) is 0 Å². The number of carbonyl (C=O) groups is 1. The van der Waals surface area contributed by atoms with E-state index >= 15 is 0 Å². The fourth-order valence-electron chi connectivity index (χ4n) is 3.68. The molecule has 7 heteroatoms. The summed E-state index contributed by atoms with van der Waals surface area (Å²) >= 11 is 0. The monoisotopic (exact) mass is 382 g/mol. The van der Waals surface area contributed by atoms with Crippen molar-refractivity contribution in [2.24, 2.45) is 5.92 Å². The SMILES string of the molecule is CC[C@@H](C)[C@H](NC)C(=O)N1CCc2c(nc(-c3cccnc3)nc2N(C)C)C1. The van der Waals surface area contributed by atoms with Gasteiger partial charge in [-0.1, -0.05) is 20.3 Å². The van der Waals surface area contributed by atoms with E-state index in [1.807, 2.05) is 43.1 Å². The van der Waals surface area contributed by atoms with Crippen molar-refractivity contribution >= 4 is 11.7 Å². The van der Waals surface area contributed by atoms with Crippen molar-refractivity contribution in [2.75, 3.05) is 32.6 Å². The van der Waals surface area contributed by atoms with Crippen LogP contribution in [-0.4, -0.2) is 59.5 Å². The van der Waals surface area contributed by atoms with Crippen molar-refractivity contribution in [2.45, 2.75) is 39.3 Å². The Hall–Kier alpha value is -2.54. The van der Waals surface area contributed by atoms with Crippen molar-refractivity contribution in [3.05, 3.63) is 35.8 Å². The van der Waals surface area contributed by atoms with Gasteiger partial charge in [-0.05, 0) is 31.5 Å². The van der Waals surface area contributed by atoms with Crippen LogP contribution in [0.15, 0.2) is 24.5 Å². The first-order valence-corrected chi connectivity index (χ1v) is 9.89. The Morgan fingerprint density at radius 3 is 2.75 bits per heavy atom. The molecule has 0 saturated heterocycles. The van der Waals surface area contributed by atoms with E-state index < -0.39 is 0 Å². The minimum absolute atomic E-state index is 0.149. The number of aromatic nitrogens is 3. The number of hydrogen-bond acceptors (Lipinski definition) is 6. The first-order valence-electron chi connectivity index (χ1n) is 9.89. The molecule has 0 aromatic carbocycles. The fourth-order valence-corrected chi connectivity index (χ4v) is 3.68. The maximum atomic E-state index is 13.1. The Labute approximate surface area is 167 Å². The third-order valence-electron chi connectivity index (χ3n) is 5.49. The van der Waals surface area contributed by atoms with Crippen LogP contribution in [0.4, 0.5) is 5.82 Å². The number of nitrogens with one attached hydrogen (secondary N) is 1. The van der Waals surface area contributed by atoms with Gasteiger partial charge in [-0.25, -0.2) is 9.97 Å². The van der Waals surface area contributed by atoms with Gasteiger partial charge in [-0.2, -0.15) is 0 Å². The summed E-state index contributed by atoms with van der Waals surface area (Å²) < 4.78 is 0. The molecule has 3 rings (SSSR count). The number of rotatable bonds is 6. The maximum Gasteiger partial charge on any atom is 0.240 e. The van der Waals surface area contributed by atoms with Crippen molar-refractivity contribution in [3.63, 3.8) is 0 Å². The average molecular weight is 383 g/mol. The second-order valence-corrected chi connectivity index (χ2v) is 7.59. The lowest BCUT2D eigenvalue weighted by molar-refractivity contribution is -0.135. The highest BCUT2D eigenvalue weighted by molar-refractivity contribution is 5.82. The highest BCUT2D eigenvalue weighted by Gasteiger charge is 2.31. The lowest BCUT2D eigenvalue weighted by Crippen LogP contribution is -2.50. The van der Waals surface area contributed by atoms with Crippen molar-refractivity contribution < 1.29 is 4.79 Å². The molecule has 0 bridgehead atoms. The molecule has 0 saturated carbocycles. The van der Waals surface area contributed by atoms with Crippen molar-refractivity contribution in [1.29, 1.82) is 0 Å². The van der Waals surface area contributed by atoms with E-state index in [0.717, 1.165) is 35.5 Å². The molecule has 2 aromatic rings. The zero-order valence-corrected chi connectivity index (χ0v) is 17.4. The van der Waals surface area contributed by atoms with E-state index in [1.54, 1.807) is 12.4 Å². The van der Waals surface area contributed by atoms with E-state index in [4.69, 9.17) is 9.97 Å². The van der Waals surface area contributed by atoms with Gasteiger partial charge in [-0.3, -0.25) is 9.78 Å². The van der Waals surface area contributed by atoms with E-state index in [9.17, 15) is 4.79 Å². The van der Waals surface area contributed by atoms with Crippen molar-refractivity contribution in [3.8, 4) is 11.4 Å². The summed E-state index contributed by atoms with van der Waals surface area (Å²) in [6, 6.07) is 3.67. The van der Waals surface area contributed by atoms with Crippen molar-refractivity contribution in [1.82, 2.24) is 25.2 Å². The smallest absolute Gasteiger partial charge is 0.240 e. The number of nitrogens with zero attached hydrogens (tertiary/aromatic N) is 5. The zero-order valence-electron chi connectivity index (χ0n) is 17.4. The summed E-state index contributed by atoms with van der Waals surface area (Å²) in [4.78, 5) is 30.8. The zero-order chi connectivity index (χ0) is 20.3. The lowest BCUT2D eigenvalue weighted by atomic mass is 9.96. The number of pyridine rings is 1. The molecule has 7 nitrogen and oxygen atoms in total. The van der Waals surface area contributed by atoms with Gasteiger partial charge < -0.3 is 15.1 Å². The second-order valence-electron chi connectivity index (χ2n) is 7.59. The van der Waals surface area contributed by atoms with Gasteiger partial charge in [0.05, 0.1) is 18.3 Å². The molecule has 0 spiro atoms. The summed E-state index contributed by atoms with van der Waals surface area (Å²) in [5.41, 5.74) is 2.94. The minimum atomic E-state index is -0.167. The summed E-state index contributed by atoms with van der Waals surface area (Å²) in [7, 11) is 5.85. The first kappa shape index (κ1) is 20.2. The van der Waals surface area contributed by atoms with Gasteiger partial charge in [0.15, 0.2) is 5.82 Å². The Kier molecular flexibility index (Phi) is 6.24. The molecule has 150 valence electrons. The molecule has 2 aromatic heterocycles. The second kappa shape index (κ2) is 8.65. The van der Waals surface area contributed by atoms with Crippen LogP contribution in [0.3, 0.4) is 0 Å². The topological polar surface area (TPSA) is 74.2 Å². The summed E-state index contributed by atoms with van der Waals surface area (Å²) in [5.74, 6) is 2.00. The summed E-state index contributed by atoms with van der Waals surface area (Å²) in [5, 5.41) is 3.20. The molecule has 1 aliphatic rings. The molecule has 2 atom stereocenters. The molecule has 0 radical (unpaired) electrons. The number of amides is 1. The quantitative estimate of drug-likeness (QED) is 0.825. The van der Waals surface area contributed by atoms with Crippen LogP contribution in [0.25, 0.3) is 11.4 Å². The van der Waals surface area contributed by atoms with E-state index in [0.29, 0.717) is 18.9 Å². The minimum Gasteiger partial charge on any atom is -0.362 e. The third-order valence-corrected chi connectivity index (χ3v) is 5.49. The average Bonchev–Trinajstić information content (AvgIpc) is 2.73. The maximum absolute atomic E-state index is 13.1. The largest absolute Gasteiger partial charge is 0.362 e. The van der Waals surface area contributed by atoms with Gasteiger partial charge >= 0.3 is 0 Å². The fraction of sp³-hybridized carbons (Fsp3) is 0.524. The lowest BCUT2D eigenvalue weighted by Gasteiger charge is -2.34. The number of carbonyl (C=O) groups excluding carboxylic acids is 1. The number of hydrogen-bond donors (Lipinski definition) is 1. The highest BCUT2D eigenvalue weighted by atomic mass is 16.2. The van der Waals surface area contributed by atoms with Crippen LogP contribution in [0.1, 0.15) is 31.5 Å². The Bertz CT molecular complexity index is 823. The van der Waals surface area contributed by atoms with Crippen LogP contribution in [-0.2, 0) is 17.8 Å². The predicted molar refractivity (Wildman–Crippen MR) is 111 cm³/mol. The molecule has 1 amide bonds. The summed E-state index contributed by atoms with van der Waals surface area (Å²) in [6.07, 6.45) is 5.23. The molecule has 3 heterocycles. The van der Waals surface area contributed by atoms with Gasteiger partial charge in [0.2, 0.25) is 5.91 Å². The van der Waals surface area contributed by atoms with E-state index in [2.05, 4.69) is 24.1 Å². The molecule has 1 aliphatic heterocycles. The van der Waals surface area contributed by atoms with Crippen LogP contribution in [0.2, 0.25) is 0 Å². The van der Waals surface area contributed by atoms with Crippen LogP contribution >= 0.6 is 0 Å². The molecule has 0 unspecified atom stereocenters. The van der Waals surface area contributed by atoms with Gasteiger partial charge in [-0.15, -0.1) is 0 Å². The van der Waals surface area contributed by atoms with E-state index in [1.165, 1.54) is 0 Å². The number of fused-ring (bicyclic) bond motifs is 1. The number of anilines is 1. The van der Waals surface area contributed by atoms with Gasteiger partial charge in [0.1, 0.15) is 5.82 Å². The Morgan fingerprint density at radius 2 is 2.14 bits per heavy atom. The standard InChI is InChI=1S/C21H30N6O/c1-6-14(2)18(22-3)21(28)27-11-9-16-17(13-27)24-19(25-20(16)26(4)5)15-8-7-10-23-12-15/h7-8,10,12,14,18,22H,6,9,11,13H2,1-5H3/t14-,18+/m1/s1. The Morgan fingerprint density at radius 1 is 1.36 bits per heavy atom.